The van der Waals surface area contributed by atoms with Crippen LogP contribution in [0, 0.1) is 5.92 Å². The number of aliphatic hydroxyl groups is 1. The largest absolute Gasteiger partial charge is 0.491 e. The highest BCUT2D eigenvalue weighted by molar-refractivity contribution is 5.76. The van der Waals surface area contributed by atoms with E-state index in [1.165, 1.54) is 12.8 Å². The van der Waals surface area contributed by atoms with Crippen molar-refractivity contribution in [2.24, 2.45) is 5.92 Å². The second-order valence-corrected chi connectivity index (χ2v) is 7.91. The average Bonchev–Trinajstić information content (AvgIpc) is 2.73. The standard InChI is InChI=1S/C25H35NO3/c1-21(2)11-5-3-8-16-25(28)26(19-22-12-6-4-7-13-22)17-18-29-24-15-10-9-14-23(24)20-27/h4,6-7,9-10,12-15,21,27H,3,5,8,11,16-20H2,1-2H3. The number of aliphatic hydroxyl groups excluding tert-OH is 1. The highest BCUT2D eigenvalue weighted by Crippen LogP contribution is 2.18. The van der Waals surface area contributed by atoms with Gasteiger partial charge in [0, 0.05) is 18.5 Å². The van der Waals surface area contributed by atoms with Crippen molar-refractivity contribution >= 4 is 5.91 Å². The van der Waals surface area contributed by atoms with Crippen LogP contribution in [0.2, 0.25) is 0 Å². The zero-order valence-electron chi connectivity index (χ0n) is 17.8. The minimum atomic E-state index is -0.0563. The normalized spacial score (nSPS) is 10.9. The maximum atomic E-state index is 12.8. The molecular formula is C25H35NO3. The van der Waals surface area contributed by atoms with Crippen molar-refractivity contribution in [1.82, 2.24) is 4.90 Å². The fourth-order valence-electron chi connectivity index (χ4n) is 3.30. The third-order valence-electron chi connectivity index (χ3n) is 5.00. The average molecular weight is 398 g/mol. The summed E-state index contributed by atoms with van der Waals surface area (Å²) < 4.78 is 5.86. The molecule has 0 spiro atoms. The topological polar surface area (TPSA) is 49.8 Å². The first-order valence-corrected chi connectivity index (χ1v) is 10.7. The minimum absolute atomic E-state index is 0.0563. The van der Waals surface area contributed by atoms with Crippen molar-refractivity contribution in [1.29, 1.82) is 0 Å². The van der Waals surface area contributed by atoms with E-state index in [0.29, 0.717) is 31.9 Å². The van der Waals surface area contributed by atoms with Crippen LogP contribution in [0.4, 0.5) is 0 Å². The van der Waals surface area contributed by atoms with Gasteiger partial charge in [0.25, 0.3) is 0 Å². The Morgan fingerprint density at radius 3 is 2.45 bits per heavy atom. The number of hydrogen-bond donors (Lipinski definition) is 1. The summed E-state index contributed by atoms with van der Waals surface area (Å²) in [6, 6.07) is 17.5. The van der Waals surface area contributed by atoms with Gasteiger partial charge in [-0.3, -0.25) is 4.79 Å². The highest BCUT2D eigenvalue weighted by atomic mass is 16.5. The lowest BCUT2D eigenvalue weighted by atomic mass is 10.0. The molecule has 0 fully saturated rings. The van der Waals surface area contributed by atoms with E-state index in [4.69, 9.17) is 4.74 Å². The van der Waals surface area contributed by atoms with Gasteiger partial charge in [-0.15, -0.1) is 0 Å². The van der Waals surface area contributed by atoms with Crippen LogP contribution in [0.5, 0.6) is 5.75 Å². The van der Waals surface area contributed by atoms with Crippen LogP contribution in [-0.2, 0) is 17.9 Å². The first-order valence-electron chi connectivity index (χ1n) is 10.7. The molecule has 1 amide bonds. The molecule has 29 heavy (non-hydrogen) atoms. The number of nitrogens with zero attached hydrogens (tertiary/aromatic N) is 1. The molecule has 2 aromatic carbocycles. The monoisotopic (exact) mass is 397 g/mol. The van der Waals surface area contributed by atoms with E-state index in [0.717, 1.165) is 29.9 Å². The molecule has 2 aromatic rings. The number of ether oxygens (including phenoxy) is 1. The fraction of sp³-hybridized carbons (Fsp3) is 0.480. The number of carbonyl (C=O) groups excluding carboxylic acids is 1. The maximum absolute atomic E-state index is 12.8. The molecule has 2 rings (SSSR count). The molecule has 4 nitrogen and oxygen atoms in total. The molecule has 0 aliphatic rings. The lowest BCUT2D eigenvalue weighted by molar-refractivity contribution is -0.132. The van der Waals surface area contributed by atoms with Crippen LogP contribution in [0.25, 0.3) is 0 Å². The number of hydrogen-bond acceptors (Lipinski definition) is 3. The van der Waals surface area contributed by atoms with Crippen LogP contribution in [-0.4, -0.2) is 29.1 Å². The SMILES string of the molecule is CC(C)CCCCCC(=O)N(CCOc1ccccc1CO)Cc1ccccc1. The number of rotatable bonds is 13. The van der Waals surface area contributed by atoms with Gasteiger partial charge < -0.3 is 14.7 Å². The van der Waals surface area contributed by atoms with E-state index in [-0.39, 0.29) is 12.5 Å². The van der Waals surface area contributed by atoms with Crippen molar-refractivity contribution in [2.45, 2.75) is 59.1 Å². The maximum Gasteiger partial charge on any atom is 0.222 e. The third-order valence-corrected chi connectivity index (χ3v) is 5.00. The predicted octanol–water partition coefficient (Wildman–Crippen LogP) is 5.19. The van der Waals surface area contributed by atoms with Gasteiger partial charge in [-0.25, -0.2) is 0 Å². The van der Waals surface area contributed by atoms with Crippen LogP contribution in [0.3, 0.4) is 0 Å². The van der Waals surface area contributed by atoms with E-state index in [1.807, 2.05) is 59.5 Å². The zero-order chi connectivity index (χ0) is 20.9. The Morgan fingerprint density at radius 2 is 1.72 bits per heavy atom. The van der Waals surface area contributed by atoms with Crippen molar-refractivity contribution in [3.05, 3.63) is 65.7 Å². The van der Waals surface area contributed by atoms with E-state index < -0.39 is 0 Å². The molecule has 0 aliphatic heterocycles. The van der Waals surface area contributed by atoms with Crippen molar-refractivity contribution < 1.29 is 14.6 Å². The number of carbonyl (C=O) groups is 1. The van der Waals surface area contributed by atoms with Gasteiger partial charge in [0.05, 0.1) is 13.2 Å². The summed E-state index contributed by atoms with van der Waals surface area (Å²) in [7, 11) is 0. The molecule has 0 radical (unpaired) electrons. The summed E-state index contributed by atoms with van der Waals surface area (Å²) in [5.41, 5.74) is 1.88. The summed E-state index contributed by atoms with van der Waals surface area (Å²) in [4.78, 5) is 14.7. The van der Waals surface area contributed by atoms with Gasteiger partial charge in [0.15, 0.2) is 0 Å². The summed E-state index contributed by atoms with van der Waals surface area (Å²) in [6.45, 7) is 5.95. The number of benzene rings is 2. The summed E-state index contributed by atoms with van der Waals surface area (Å²) >= 11 is 0. The Labute approximate surface area is 175 Å². The number of amides is 1. The molecule has 0 atom stereocenters. The second kappa shape index (κ2) is 13.0. The van der Waals surface area contributed by atoms with Crippen LogP contribution < -0.4 is 4.74 Å². The van der Waals surface area contributed by atoms with Gasteiger partial charge in [-0.1, -0.05) is 81.6 Å². The highest BCUT2D eigenvalue weighted by Gasteiger charge is 2.14. The Bertz CT molecular complexity index is 715. The first-order chi connectivity index (χ1) is 14.1. The molecule has 1 N–H and O–H groups in total. The molecule has 158 valence electrons. The third kappa shape index (κ3) is 8.70. The van der Waals surface area contributed by atoms with Crippen LogP contribution in [0.15, 0.2) is 54.6 Å². The quantitative estimate of drug-likeness (QED) is 0.473. The predicted molar refractivity (Wildman–Crippen MR) is 118 cm³/mol. The smallest absolute Gasteiger partial charge is 0.222 e. The Hall–Kier alpha value is -2.33. The minimum Gasteiger partial charge on any atom is -0.491 e. The van der Waals surface area contributed by atoms with Crippen molar-refractivity contribution in [2.75, 3.05) is 13.2 Å². The Balaban J connectivity index is 1.89. The van der Waals surface area contributed by atoms with E-state index in [9.17, 15) is 9.90 Å². The lowest BCUT2D eigenvalue weighted by Gasteiger charge is -2.23. The van der Waals surface area contributed by atoms with Crippen molar-refractivity contribution in [3.8, 4) is 5.75 Å². The van der Waals surface area contributed by atoms with E-state index in [1.54, 1.807) is 0 Å². The van der Waals surface area contributed by atoms with Crippen molar-refractivity contribution in [3.63, 3.8) is 0 Å². The van der Waals surface area contributed by atoms with Crippen LogP contribution in [0.1, 0.15) is 57.1 Å². The Kier molecular flexibility index (Phi) is 10.3. The molecule has 0 unspecified atom stereocenters. The molecular weight excluding hydrogens is 362 g/mol. The lowest BCUT2D eigenvalue weighted by Crippen LogP contribution is -2.34. The Morgan fingerprint density at radius 1 is 1.00 bits per heavy atom. The molecule has 0 heterocycles. The van der Waals surface area contributed by atoms with Gasteiger partial charge >= 0.3 is 0 Å². The first kappa shape index (κ1) is 23.0. The zero-order valence-corrected chi connectivity index (χ0v) is 17.8. The molecule has 0 saturated heterocycles. The van der Waals surface area contributed by atoms with Gasteiger partial charge in [0.1, 0.15) is 12.4 Å². The van der Waals surface area contributed by atoms with Crippen LogP contribution >= 0.6 is 0 Å². The summed E-state index contributed by atoms with van der Waals surface area (Å²) in [6.07, 6.45) is 5.03. The van der Waals surface area contributed by atoms with Gasteiger partial charge in [-0.2, -0.15) is 0 Å². The molecule has 4 heteroatoms. The second-order valence-electron chi connectivity index (χ2n) is 7.91. The molecule has 0 aromatic heterocycles. The fourth-order valence-corrected chi connectivity index (χ4v) is 3.30. The molecule has 0 aliphatic carbocycles. The summed E-state index contributed by atoms with van der Waals surface area (Å²) in [5, 5.41) is 9.44. The molecule has 0 saturated carbocycles. The van der Waals surface area contributed by atoms with E-state index >= 15 is 0 Å². The molecule has 0 bridgehead atoms. The summed E-state index contributed by atoms with van der Waals surface area (Å²) in [5.74, 6) is 1.58. The van der Waals surface area contributed by atoms with E-state index in [2.05, 4.69) is 13.8 Å². The van der Waals surface area contributed by atoms with Gasteiger partial charge in [0.2, 0.25) is 5.91 Å². The number of unbranched alkanes of at least 4 members (excludes halogenated alkanes) is 2. The van der Waals surface area contributed by atoms with Gasteiger partial charge in [-0.05, 0) is 24.0 Å². The number of para-hydroxylation sites is 1.